The number of likely N-dealkylation sites (tertiary alicyclic amines) is 2. The minimum Gasteiger partial charge on any atom is -0.455 e. The average molecular weight is 338 g/mol. The van der Waals surface area contributed by atoms with Gasteiger partial charge in [0.2, 0.25) is 0 Å². The molecule has 1 aromatic heterocycles. The second-order valence-corrected chi connectivity index (χ2v) is 7.91. The van der Waals surface area contributed by atoms with Crippen LogP contribution in [0.4, 0.5) is 0 Å². The van der Waals surface area contributed by atoms with Crippen LogP contribution >= 0.6 is 11.8 Å². The molecule has 0 saturated carbocycles. The van der Waals surface area contributed by atoms with Crippen LogP contribution in [0.15, 0.2) is 16.5 Å². The van der Waals surface area contributed by atoms with Crippen LogP contribution in [-0.2, 0) is 5.75 Å². The van der Waals surface area contributed by atoms with E-state index in [0.717, 1.165) is 57.0 Å². The highest BCUT2D eigenvalue weighted by Gasteiger charge is 2.41. The van der Waals surface area contributed by atoms with Crippen LogP contribution in [0.1, 0.15) is 35.6 Å². The highest BCUT2D eigenvalue weighted by Crippen LogP contribution is 2.39. The highest BCUT2D eigenvalue weighted by atomic mass is 32.2. The molecule has 3 rings (SSSR count). The lowest BCUT2D eigenvalue weighted by Gasteiger charge is -2.48. The van der Waals surface area contributed by atoms with Crippen LogP contribution in [-0.4, -0.2) is 66.4 Å². The smallest absolute Gasteiger partial charge is 0.289 e. The predicted molar refractivity (Wildman–Crippen MR) is 91.6 cm³/mol. The van der Waals surface area contributed by atoms with Crippen molar-refractivity contribution in [3.05, 3.63) is 23.7 Å². The molecule has 0 aliphatic carbocycles. The summed E-state index contributed by atoms with van der Waals surface area (Å²) in [7, 11) is 2.07. The Bertz CT molecular complexity index is 540. The molecular formula is C17H26N2O3S. The first-order valence-corrected chi connectivity index (χ1v) is 9.64. The number of aliphatic hydroxyl groups is 1. The third-order valence-corrected chi connectivity index (χ3v) is 5.64. The number of amides is 1. The van der Waals surface area contributed by atoms with Crippen LogP contribution in [0, 0.1) is 5.41 Å². The number of likely N-dealkylation sites (N-methyl/N-ethyl adjacent to an activating group) is 1. The molecule has 2 aliphatic heterocycles. The number of furan rings is 1. The Balaban J connectivity index is 1.60. The number of β-amino-alcohol motifs (C(OH)–C–C–N with tert-alkyl or cyclic N) is 1. The van der Waals surface area contributed by atoms with Gasteiger partial charge < -0.3 is 19.3 Å². The van der Waals surface area contributed by atoms with E-state index in [1.165, 1.54) is 0 Å². The molecule has 0 bridgehead atoms. The van der Waals surface area contributed by atoms with E-state index in [2.05, 4.69) is 11.9 Å². The summed E-state index contributed by atoms with van der Waals surface area (Å²) in [5, 5.41) is 10.1. The quantitative estimate of drug-likeness (QED) is 0.914. The summed E-state index contributed by atoms with van der Waals surface area (Å²) < 4.78 is 5.65. The molecule has 1 N–H and O–H groups in total. The summed E-state index contributed by atoms with van der Waals surface area (Å²) in [6, 6.07) is 3.68. The van der Waals surface area contributed by atoms with Crippen molar-refractivity contribution >= 4 is 17.7 Å². The Morgan fingerprint density at radius 1 is 1.43 bits per heavy atom. The number of nitrogens with zero attached hydrogens (tertiary/aromatic N) is 2. The van der Waals surface area contributed by atoms with Crippen molar-refractivity contribution < 1.29 is 14.3 Å². The maximum atomic E-state index is 12.6. The van der Waals surface area contributed by atoms with Crippen molar-refractivity contribution in [3.63, 3.8) is 0 Å². The van der Waals surface area contributed by atoms with Gasteiger partial charge in [0.1, 0.15) is 5.76 Å². The lowest BCUT2D eigenvalue weighted by molar-refractivity contribution is -0.0290. The van der Waals surface area contributed by atoms with Gasteiger partial charge in [-0.15, -0.1) is 0 Å². The summed E-state index contributed by atoms with van der Waals surface area (Å²) in [6.45, 7) is 3.27. The summed E-state index contributed by atoms with van der Waals surface area (Å²) >= 11 is 1.68. The lowest BCUT2D eigenvalue weighted by Crippen LogP contribution is -2.53. The fourth-order valence-corrected chi connectivity index (χ4v) is 4.48. The van der Waals surface area contributed by atoms with Gasteiger partial charge in [-0.25, -0.2) is 0 Å². The second kappa shape index (κ2) is 6.87. The number of rotatable bonds is 3. The number of hydrogen-bond donors (Lipinski definition) is 1. The van der Waals surface area contributed by atoms with Crippen LogP contribution in [0.25, 0.3) is 0 Å². The molecule has 23 heavy (non-hydrogen) atoms. The monoisotopic (exact) mass is 338 g/mol. The molecule has 3 heterocycles. The molecule has 0 radical (unpaired) electrons. The minimum atomic E-state index is -0.241. The first-order valence-electron chi connectivity index (χ1n) is 8.25. The molecule has 1 atom stereocenters. The van der Waals surface area contributed by atoms with E-state index in [1.54, 1.807) is 17.8 Å². The van der Waals surface area contributed by atoms with Gasteiger partial charge >= 0.3 is 0 Å². The first-order chi connectivity index (χ1) is 11.0. The number of carbonyl (C=O) groups excluding carboxylic acids is 1. The molecule has 1 unspecified atom stereocenters. The number of piperidine rings is 2. The number of hydrogen-bond acceptors (Lipinski definition) is 5. The van der Waals surface area contributed by atoms with Crippen LogP contribution in [0.3, 0.4) is 0 Å². The van der Waals surface area contributed by atoms with Crippen molar-refractivity contribution in [1.82, 2.24) is 9.80 Å². The van der Waals surface area contributed by atoms with E-state index in [9.17, 15) is 9.90 Å². The van der Waals surface area contributed by atoms with E-state index in [4.69, 9.17) is 4.42 Å². The highest BCUT2D eigenvalue weighted by molar-refractivity contribution is 7.97. The molecular weight excluding hydrogens is 312 g/mol. The maximum Gasteiger partial charge on any atom is 0.289 e. The van der Waals surface area contributed by atoms with Crippen molar-refractivity contribution in [1.29, 1.82) is 0 Å². The van der Waals surface area contributed by atoms with Crippen molar-refractivity contribution in [2.24, 2.45) is 5.41 Å². The summed E-state index contributed by atoms with van der Waals surface area (Å²) in [6.07, 6.45) is 4.55. The van der Waals surface area contributed by atoms with Crippen LogP contribution in [0.5, 0.6) is 0 Å². The van der Waals surface area contributed by atoms with Crippen molar-refractivity contribution in [2.75, 3.05) is 39.5 Å². The summed E-state index contributed by atoms with van der Waals surface area (Å²) in [4.78, 5) is 16.7. The van der Waals surface area contributed by atoms with E-state index >= 15 is 0 Å². The van der Waals surface area contributed by atoms with Gasteiger partial charge in [-0.3, -0.25) is 4.79 Å². The molecule has 1 spiro atoms. The predicted octanol–water partition coefficient (Wildman–Crippen LogP) is 2.06. The van der Waals surface area contributed by atoms with Gasteiger partial charge in [0.05, 0.1) is 11.9 Å². The molecule has 2 aliphatic rings. The Labute approximate surface area is 142 Å². The minimum absolute atomic E-state index is 0.00286. The molecule has 2 saturated heterocycles. The van der Waals surface area contributed by atoms with Gasteiger partial charge in [-0.1, -0.05) is 0 Å². The van der Waals surface area contributed by atoms with Gasteiger partial charge in [-0.2, -0.15) is 11.8 Å². The standard InChI is InChI=1S/C17H26N2O3S/c1-18-10-13(20)9-17(12-18)5-7-19(8-6-17)16(21)15-4-3-14(22-15)11-23-2/h3-4,13,20H,5-12H2,1-2H3. The summed E-state index contributed by atoms with van der Waals surface area (Å²) in [5.41, 5.74) is 0.163. The van der Waals surface area contributed by atoms with Crippen LogP contribution in [0.2, 0.25) is 0 Å². The summed E-state index contributed by atoms with van der Waals surface area (Å²) in [5.74, 6) is 2.09. The zero-order valence-electron chi connectivity index (χ0n) is 14.0. The molecule has 5 nitrogen and oxygen atoms in total. The largest absolute Gasteiger partial charge is 0.455 e. The fourth-order valence-electron chi connectivity index (χ4n) is 4.04. The topological polar surface area (TPSA) is 56.9 Å². The lowest BCUT2D eigenvalue weighted by atomic mass is 9.71. The van der Waals surface area contributed by atoms with Crippen molar-refractivity contribution in [3.8, 4) is 0 Å². The normalized spacial score (nSPS) is 25.0. The molecule has 0 aromatic carbocycles. The fraction of sp³-hybridized carbons (Fsp3) is 0.706. The van der Waals surface area contributed by atoms with E-state index in [1.807, 2.05) is 17.2 Å². The SMILES string of the molecule is CSCc1ccc(C(=O)N2CCC3(CC2)CC(O)CN(C)C3)o1. The first kappa shape index (κ1) is 16.9. The van der Waals surface area contributed by atoms with Gasteiger partial charge in [0.25, 0.3) is 5.91 Å². The van der Waals surface area contributed by atoms with E-state index in [0.29, 0.717) is 5.76 Å². The van der Waals surface area contributed by atoms with Gasteiger partial charge in [-0.05, 0) is 50.1 Å². The maximum absolute atomic E-state index is 12.6. The number of carbonyl (C=O) groups is 1. The molecule has 2 fully saturated rings. The van der Waals surface area contributed by atoms with Crippen molar-refractivity contribution in [2.45, 2.75) is 31.1 Å². The molecule has 6 heteroatoms. The third-order valence-electron chi connectivity index (χ3n) is 5.07. The zero-order valence-corrected chi connectivity index (χ0v) is 14.8. The van der Waals surface area contributed by atoms with Gasteiger partial charge in [0, 0.05) is 26.2 Å². The second-order valence-electron chi connectivity index (χ2n) is 7.05. The number of thioether (sulfide) groups is 1. The van der Waals surface area contributed by atoms with E-state index in [-0.39, 0.29) is 17.4 Å². The van der Waals surface area contributed by atoms with Gasteiger partial charge in [0.15, 0.2) is 5.76 Å². The number of aliphatic hydroxyl groups excluding tert-OH is 1. The average Bonchev–Trinajstić information content (AvgIpc) is 2.95. The van der Waals surface area contributed by atoms with Crippen LogP contribution < -0.4 is 0 Å². The molecule has 1 aromatic rings. The Kier molecular flexibility index (Phi) is 5.04. The zero-order chi connectivity index (χ0) is 16.4. The Hall–Kier alpha value is -0.980. The van der Waals surface area contributed by atoms with E-state index < -0.39 is 0 Å². The Morgan fingerprint density at radius 2 is 2.17 bits per heavy atom. The molecule has 128 valence electrons. The molecule has 1 amide bonds. The third kappa shape index (κ3) is 3.75. The Morgan fingerprint density at radius 3 is 2.83 bits per heavy atom.